The predicted octanol–water partition coefficient (Wildman–Crippen LogP) is 2.55. The number of nitrogens with zero attached hydrogens (tertiary/aromatic N) is 2. The molecule has 1 N–H and O–H groups in total. The lowest BCUT2D eigenvalue weighted by Crippen LogP contribution is -2.47. The van der Waals surface area contributed by atoms with Crippen LogP contribution < -0.4 is 9.46 Å². The summed E-state index contributed by atoms with van der Waals surface area (Å²) in [5.74, 6) is 0.234. The first kappa shape index (κ1) is 20.2. The Hall–Kier alpha value is -2.49. The number of benzene rings is 2. The minimum absolute atomic E-state index is 0.234. The second-order valence-corrected chi connectivity index (χ2v) is 8.45. The predicted molar refractivity (Wildman–Crippen MR) is 105 cm³/mol. The molecule has 0 spiro atoms. The van der Waals surface area contributed by atoms with Gasteiger partial charge < -0.3 is 4.74 Å². The van der Waals surface area contributed by atoms with Gasteiger partial charge in [0.15, 0.2) is 4.90 Å². The molecular weight excluding hydrogens is 382 g/mol. The SMILES string of the molecule is COc1ccc(S(=O)(=O)NC2CCCN(Cc3ccccc3)C2)c([N+](=O)[O-])c1. The second kappa shape index (κ2) is 8.68. The molecule has 1 unspecified atom stereocenters. The summed E-state index contributed by atoms with van der Waals surface area (Å²) in [6, 6.07) is 13.4. The van der Waals surface area contributed by atoms with E-state index in [0.717, 1.165) is 31.1 Å². The number of nitrogens with one attached hydrogen (secondary N) is 1. The maximum absolute atomic E-state index is 12.8. The smallest absolute Gasteiger partial charge is 0.293 e. The number of methoxy groups -OCH3 is 1. The number of rotatable bonds is 7. The highest BCUT2D eigenvalue weighted by atomic mass is 32.2. The van der Waals surface area contributed by atoms with Crippen molar-refractivity contribution >= 4 is 15.7 Å². The van der Waals surface area contributed by atoms with E-state index in [0.29, 0.717) is 13.0 Å². The summed E-state index contributed by atoms with van der Waals surface area (Å²) in [5, 5.41) is 11.3. The van der Waals surface area contributed by atoms with E-state index in [9.17, 15) is 18.5 Å². The van der Waals surface area contributed by atoms with Crippen molar-refractivity contribution in [2.75, 3.05) is 20.2 Å². The summed E-state index contributed by atoms with van der Waals surface area (Å²) in [7, 11) is -2.66. The Kier molecular flexibility index (Phi) is 6.28. The van der Waals surface area contributed by atoms with E-state index in [4.69, 9.17) is 4.74 Å². The van der Waals surface area contributed by atoms with E-state index in [1.165, 1.54) is 19.2 Å². The van der Waals surface area contributed by atoms with Crippen LogP contribution in [0.2, 0.25) is 0 Å². The van der Waals surface area contributed by atoms with Gasteiger partial charge in [-0.1, -0.05) is 30.3 Å². The fraction of sp³-hybridized carbons (Fsp3) is 0.368. The van der Waals surface area contributed by atoms with Crippen molar-refractivity contribution < 1.29 is 18.1 Å². The molecule has 0 radical (unpaired) electrons. The number of sulfonamides is 1. The van der Waals surface area contributed by atoms with Crippen LogP contribution in [0.5, 0.6) is 5.75 Å². The molecule has 1 fully saturated rings. The topological polar surface area (TPSA) is 102 Å². The van der Waals surface area contributed by atoms with Gasteiger partial charge in [0, 0.05) is 19.1 Å². The van der Waals surface area contributed by atoms with Gasteiger partial charge in [0.2, 0.25) is 10.0 Å². The third-order valence-corrected chi connectivity index (χ3v) is 6.30. The Bertz CT molecular complexity index is 934. The van der Waals surface area contributed by atoms with Crippen molar-refractivity contribution in [3.63, 3.8) is 0 Å². The third-order valence-electron chi connectivity index (χ3n) is 4.73. The Morgan fingerprint density at radius 2 is 2.00 bits per heavy atom. The lowest BCUT2D eigenvalue weighted by atomic mass is 10.1. The van der Waals surface area contributed by atoms with Crippen molar-refractivity contribution in [2.45, 2.75) is 30.3 Å². The Balaban J connectivity index is 1.74. The summed E-state index contributed by atoms with van der Waals surface area (Å²) >= 11 is 0. The number of ether oxygens (including phenoxy) is 1. The van der Waals surface area contributed by atoms with E-state index in [-0.39, 0.29) is 16.7 Å². The molecule has 28 heavy (non-hydrogen) atoms. The maximum atomic E-state index is 12.8. The number of hydrogen-bond donors (Lipinski definition) is 1. The van der Waals surface area contributed by atoms with Crippen LogP contribution in [0, 0.1) is 10.1 Å². The summed E-state index contributed by atoms with van der Waals surface area (Å²) in [4.78, 5) is 12.5. The van der Waals surface area contributed by atoms with Gasteiger partial charge in [-0.25, -0.2) is 13.1 Å². The van der Waals surface area contributed by atoms with Crippen molar-refractivity contribution in [1.29, 1.82) is 0 Å². The van der Waals surface area contributed by atoms with E-state index < -0.39 is 20.6 Å². The maximum Gasteiger partial charge on any atom is 0.293 e. The number of hydrogen-bond acceptors (Lipinski definition) is 6. The molecule has 0 saturated carbocycles. The van der Waals surface area contributed by atoms with Crippen LogP contribution >= 0.6 is 0 Å². The zero-order valence-corrected chi connectivity index (χ0v) is 16.4. The van der Waals surface area contributed by atoms with Gasteiger partial charge in [0.1, 0.15) is 5.75 Å². The van der Waals surface area contributed by atoms with Crippen LogP contribution in [0.1, 0.15) is 18.4 Å². The van der Waals surface area contributed by atoms with Crippen LogP contribution in [0.25, 0.3) is 0 Å². The second-order valence-electron chi connectivity index (χ2n) is 6.77. The molecule has 1 aliphatic rings. The van der Waals surface area contributed by atoms with Crippen LogP contribution in [-0.4, -0.2) is 44.5 Å². The normalized spacial score (nSPS) is 18.0. The standard InChI is InChI=1S/C19H23N3O5S/c1-27-17-9-10-19(18(12-17)22(23)24)28(25,26)20-16-8-5-11-21(14-16)13-15-6-3-2-4-7-15/h2-4,6-7,9-10,12,16,20H,5,8,11,13-14H2,1H3. The Labute approximate surface area is 164 Å². The van der Waals surface area contributed by atoms with Crippen molar-refractivity contribution in [2.24, 2.45) is 0 Å². The summed E-state index contributed by atoms with van der Waals surface area (Å²) in [6.07, 6.45) is 1.54. The Morgan fingerprint density at radius 3 is 2.68 bits per heavy atom. The third kappa shape index (κ3) is 4.86. The lowest BCUT2D eigenvalue weighted by Gasteiger charge is -2.33. The molecule has 2 aromatic carbocycles. The van der Waals surface area contributed by atoms with Gasteiger partial charge in [0.25, 0.3) is 5.69 Å². The van der Waals surface area contributed by atoms with E-state index in [1.807, 2.05) is 30.3 Å². The molecule has 0 amide bonds. The van der Waals surface area contributed by atoms with Crippen molar-refractivity contribution in [1.82, 2.24) is 9.62 Å². The zero-order valence-electron chi connectivity index (χ0n) is 15.6. The highest BCUT2D eigenvalue weighted by molar-refractivity contribution is 7.89. The molecule has 3 rings (SSSR count). The first-order chi connectivity index (χ1) is 13.4. The highest BCUT2D eigenvalue weighted by Gasteiger charge is 2.30. The molecule has 1 aliphatic heterocycles. The molecule has 2 aromatic rings. The first-order valence-corrected chi connectivity index (χ1v) is 10.5. The van der Waals surface area contributed by atoms with E-state index in [2.05, 4.69) is 9.62 Å². The van der Waals surface area contributed by atoms with Crippen molar-refractivity contribution in [3.05, 3.63) is 64.2 Å². The van der Waals surface area contributed by atoms with Gasteiger partial charge in [-0.15, -0.1) is 0 Å². The van der Waals surface area contributed by atoms with Crippen LogP contribution in [0.15, 0.2) is 53.4 Å². The minimum atomic E-state index is -4.03. The fourth-order valence-corrected chi connectivity index (χ4v) is 4.83. The number of nitro benzene ring substituents is 1. The van der Waals surface area contributed by atoms with Gasteiger partial charge in [-0.2, -0.15) is 0 Å². The zero-order chi connectivity index (χ0) is 20.1. The first-order valence-electron chi connectivity index (χ1n) is 9.00. The van der Waals surface area contributed by atoms with Gasteiger partial charge in [0.05, 0.1) is 18.1 Å². The number of likely N-dealkylation sites (tertiary alicyclic amines) is 1. The fourth-order valence-electron chi connectivity index (χ4n) is 3.41. The van der Waals surface area contributed by atoms with Crippen molar-refractivity contribution in [3.8, 4) is 5.75 Å². The van der Waals surface area contributed by atoms with E-state index >= 15 is 0 Å². The summed E-state index contributed by atoms with van der Waals surface area (Å²) in [5.41, 5.74) is 0.667. The molecule has 1 atom stereocenters. The Morgan fingerprint density at radius 1 is 1.25 bits per heavy atom. The average molecular weight is 405 g/mol. The van der Waals surface area contributed by atoms with Gasteiger partial charge in [-0.05, 0) is 37.1 Å². The highest BCUT2D eigenvalue weighted by Crippen LogP contribution is 2.29. The monoisotopic (exact) mass is 405 g/mol. The molecule has 0 aromatic heterocycles. The number of nitro groups is 1. The van der Waals surface area contributed by atoms with E-state index in [1.54, 1.807) is 0 Å². The molecular formula is C19H23N3O5S. The van der Waals surface area contributed by atoms with Crippen LogP contribution in [0.3, 0.4) is 0 Å². The molecule has 0 bridgehead atoms. The number of piperidine rings is 1. The molecule has 8 nitrogen and oxygen atoms in total. The average Bonchev–Trinajstić information content (AvgIpc) is 2.68. The van der Waals surface area contributed by atoms with Gasteiger partial charge >= 0.3 is 0 Å². The molecule has 0 aliphatic carbocycles. The van der Waals surface area contributed by atoms with Crippen LogP contribution in [-0.2, 0) is 16.6 Å². The summed E-state index contributed by atoms with van der Waals surface area (Å²) in [6.45, 7) is 2.18. The van der Waals surface area contributed by atoms with Crippen LogP contribution in [0.4, 0.5) is 5.69 Å². The minimum Gasteiger partial charge on any atom is -0.497 e. The largest absolute Gasteiger partial charge is 0.497 e. The quantitative estimate of drug-likeness (QED) is 0.561. The van der Waals surface area contributed by atoms with Gasteiger partial charge in [-0.3, -0.25) is 15.0 Å². The molecule has 1 heterocycles. The molecule has 150 valence electrons. The molecule has 1 saturated heterocycles. The molecule has 9 heteroatoms. The lowest BCUT2D eigenvalue weighted by molar-refractivity contribution is -0.387. The summed E-state index contributed by atoms with van der Waals surface area (Å²) < 4.78 is 33.2.